The summed E-state index contributed by atoms with van der Waals surface area (Å²) < 4.78 is 2.10. The summed E-state index contributed by atoms with van der Waals surface area (Å²) in [6.45, 7) is 2.13. The molecule has 0 amide bonds. The molecule has 5 heteroatoms. The fourth-order valence-corrected chi connectivity index (χ4v) is 5.61. The Morgan fingerprint density at radius 3 is 2.95 bits per heavy atom. The maximum Gasteiger partial charge on any atom is 0.162 e. The van der Waals surface area contributed by atoms with Crippen LogP contribution in [0, 0.1) is 5.92 Å². The SMILES string of the molecule is CCC1=Nc2cncn2[SH]1[C@H](O)CC1CCCCC1. The van der Waals surface area contributed by atoms with Gasteiger partial charge in [-0.2, -0.15) is 0 Å². The molecule has 106 valence electrons. The van der Waals surface area contributed by atoms with E-state index >= 15 is 0 Å². The van der Waals surface area contributed by atoms with Crippen molar-refractivity contribution in [3.63, 3.8) is 0 Å². The lowest BCUT2D eigenvalue weighted by molar-refractivity contribution is 0.201. The topological polar surface area (TPSA) is 50.4 Å². The Bertz CT molecular complexity index is 465. The minimum atomic E-state index is -0.714. The molecule has 1 aliphatic heterocycles. The Labute approximate surface area is 117 Å². The van der Waals surface area contributed by atoms with Crippen LogP contribution in [0.5, 0.6) is 0 Å². The molecule has 2 heterocycles. The van der Waals surface area contributed by atoms with Gasteiger partial charge in [0.2, 0.25) is 0 Å². The van der Waals surface area contributed by atoms with E-state index in [1.807, 2.05) is 6.33 Å². The quantitative estimate of drug-likeness (QED) is 0.831. The minimum absolute atomic E-state index is 0.257. The third-order valence-electron chi connectivity index (χ3n) is 4.21. The zero-order valence-electron chi connectivity index (χ0n) is 11.5. The van der Waals surface area contributed by atoms with Gasteiger partial charge in [-0.05, 0) is 18.8 Å². The molecule has 3 rings (SSSR count). The molecule has 0 spiro atoms. The average molecular weight is 281 g/mol. The number of rotatable bonds is 4. The normalized spacial score (nSPS) is 27.1. The number of aliphatic hydroxyl groups excluding tert-OH is 1. The van der Waals surface area contributed by atoms with Crippen molar-refractivity contribution in [1.29, 1.82) is 0 Å². The van der Waals surface area contributed by atoms with Gasteiger partial charge in [-0.15, -0.1) is 11.1 Å². The maximum absolute atomic E-state index is 10.7. The minimum Gasteiger partial charge on any atom is -0.382 e. The third kappa shape index (κ3) is 2.58. The van der Waals surface area contributed by atoms with E-state index in [4.69, 9.17) is 0 Å². The van der Waals surface area contributed by atoms with Crippen LogP contribution >= 0.6 is 11.1 Å². The van der Waals surface area contributed by atoms with Crippen molar-refractivity contribution >= 4 is 21.9 Å². The van der Waals surface area contributed by atoms with E-state index in [9.17, 15) is 5.11 Å². The van der Waals surface area contributed by atoms with Crippen LogP contribution in [0.4, 0.5) is 5.82 Å². The van der Waals surface area contributed by atoms with E-state index in [-0.39, 0.29) is 5.44 Å². The molecule has 1 N–H and O–H groups in total. The van der Waals surface area contributed by atoms with Gasteiger partial charge in [0.25, 0.3) is 0 Å². The first-order valence-electron chi connectivity index (χ1n) is 7.37. The first kappa shape index (κ1) is 13.2. The predicted octanol–water partition coefficient (Wildman–Crippen LogP) is 3.39. The highest BCUT2D eigenvalue weighted by atomic mass is 32.2. The highest BCUT2D eigenvalue weighted by Crippen LogP contribution is 2.47. The number of thiol groups is 1. The largest absolute Gasteiger partial charge is 0.382 e. The third-order valence-corrected chi connectivity index (χ3v) is 6.70. The van der Waals surface area contributed by atoms with E-state index in [1.54, 1.807) is 6.20 Å². The smallest absolute Gasteiger partial charge is 0.162 e. The predicted molar refractivity (Wildman–Crippen MR) is 81.2 cm³/mol. The average Bonchev–Trinajstić information content (AvgIpc) is 2.99. The molecule has 2 aliphatic rings. The number of fused-ring (bicyclic) bond motifs is 1. The Morgan fingerprint density at radius 2 is 2.21 bits per heavy atom. The fraction of sp³-hybridized carbons (Fsp3) is 0.714. The maximum atomic E-state index is 10.7. The first-order chi connectivity index (χ1) is 9.29. The van der Waals surface area contributed by atoms with Gasteiger partial charge in [0.15, 0.2) is 5.82 Å². The van der Waals surface area contributed by atoms with Crippen molar-refractivity contribution in [3.05, 3.63) is 12.5 Å². The molecule has 19 heavy (non-hydrogen) atoms. The van der Waals surface area contributed by atoms with Crippen LogP contribution in [0.15, 0.2) is 17.5 Å². The van der Waals surface area contributed by atoms with Crippen molar-refractivity contribution in [2.45, 2.75) is 57.3 Å². The Hall–Kier alpha value is -0.810. The summed E-state index contributed by atoms with van der Waals surface area (Å²) in [5.74, 6) is 1.63. The summed E-state index contributed by atoms with van der Waals surface area (Å²) in [4.78, 5) is 8.76. The van der Waals surface area contributed by atoms with Crippen LogP contribution in [-0.4, -0.2) is 24.5 Å². The van der Waals surface area contributed by atoms with Crippen molar-refractivity contribution in [2.75, 3.05) is 0 Å². The number of aliphatic imine (C=N–C) groups is 1. The number of aromatic nitrogens is 2. The van der Waals surface area contributed by atoms with Gasteiger partial charge < -0.3 is 5.11 Å². The first-order valence-corrected chi connectivity index (χ1v) is 8.73. The molecule has 1 aromatic rings. The van der Waals surface area contributed by atoms with Crippen molar-refractivity contribution < 1.29 is 5.11 Å². The summed E-state index contributed by atoms with van der Waals surface area (Å²) in [5, 5.41) is 11.8. The molecule has 0 bridgehead atoms. The lowest BCUT2D eigenvalue weighted by Crippen LogP contribution is -2.21. The summed E-state index contributed by atoms with van der Waals surface area (Å²) in [6.07, 6.45) is 12.1. The van der Waals surface area contributed by atoms with E-state index < -0.39 is 11.1 Å². The molecule has 0 radical (unpaired) electrons. The summed E-state index contributed by atoms with van der Waals surface area (Å²) in [5.41, 5.74) is -0.257. The Morgan fingerprint density at radius 1 is 1.42 bits per heavy atom. The van der Waals surface area contributed by atoms with Gasteiger partial charge in [-0.1, -0.05) is 39.0 Å². The number of hydrogen-bond acceptors (Lipinski definition) is 3. The van der Waals surface area contributed by atoms with E-state index in [1.165, 1.54) is 32.1 Å². The second kappa shape index (κ2) is 5.67. The molecule has 4 nitrogen and oxygen atoms in total. The summed E-state index contributed by atoms with van der Waals surface area (Å²) >= 11 is -0.714. The Kier molecular flexibility index (Phi) is 3.93. The lowest BCUT2D eigenvalue weighted by Gasteiger charge is -2.30. The lowest BCUT2D eigenvalue weighted by atomic mass is 9.87. The van der Waals surface area contributed by atoms with Crippen LogP contribution < -0.4 is 0 Å². The van der Waals surface area contributed by atoms with Crippen LogP contribution in [0.1, 0.15) is 51.9 Å². The number of nitrogens with zero attached hydrogens (tertiary/aromatic N) is 3. The highest BCUT2D eigenvalue weighted by Gasteiger charge is 2.30. The van der Waals surface area contributed by atoms with Crippen LogP contribution in [0.3, 0.4) is 0 Å². The number of imidazole rings is 1. The molecule has 0 aromatic carbocycles. The van der Waals surface area contributed by atoms with E-state index in [0.717, 1.165) is 23.7 Å². The van der Waals surface area contributed by atoms with Gasteiger partial charge in [0.1, 0.15) is 11.8 Å². The molecule has 1 unspecified atom stereocenters. The zero-order valence-corrected chi connectivity index (χ0v) is 12.4. The monoisotopic (exact) mass is 281 g/mol. The van der Waals surface area contributed by atoms with Crippen LogP contribution in [-0.2, 0) is 0 Å². The van der Waals surface area contributed by atoms with Crippen LogP contribution in [0.2, 0.25) is 0 Å². The Balaban J connectivity index is 1.72. The second-order valence-electron chi connectivity index (χ2n) is 5.54. The molecule has 2 atom stereocenters. The van der Waals surface area contributed by atoms with Gasteiger partial charge in [0.05, 0.1) is 11.2 Å². The van der Waals surface area contributed by atoms with Crippen molar-refractivity contribution in [3.8, 4) is 0 Å². The molecular weight excluding hydrogens is 258 g/mol. The molecular formula is C14H23N3OS. The van der Waals surface area contributed by atoms with Gasteiger partial charge >= 0.3 is 0 Å². The van der Waals surface area contributed by atoms with Crippen LogP contribution in [0.25, 0.3) is 0 Å². The van der Waals surface area contributed by atoms with E-state index in [2.05, 4.69) is 20.9 Å². The summed E-state index contributed by atoms with van der Waals surface area (Å²) in [7, 11) is 0. The van der Waals surface area contributed by atoms with Gasteiger partial charge in [0, 0.05) is 0 Å². The number of aliphatic hydroxyl groups is 1. The second-order valence-corrected chi connectivity index (χ2v) is 7.78. The zero-order chi connectivity index (χ0) is 13.2. The van der Waals surface area contributed by atoms with Gasteiger partial charge in [-0.25, -0.2) is 9.98 Å². The molecule has 0 saturated heterocycles. The number of hydrogen-bond donors (Lipinski definition) is 2. The molecule has 1 saturated carbocycles. The molecule has 1 fully saturated rings. The molecule has 1 aliphatic carbocycles. The van der Waals surface area contributed by atoms with E-state index in [0.29, 0.717) is 5.92 Å². The summed E-state index contributed by atoms with van der Waals surface area (Å²) in [6, 6.07) is 0. The van der Waals surface area contributed by atoms with Crippen molar-refractivity contribution in [1.82, 2.24) is 8.96 Å². The van der Waals surface area contributed by atoms with Gasteiger partial charge in [-0.3, -0.25) is 3.97 Å². The standard InChI is InChI=1S/C14H23N3OS/c1-2-13-16-12-9-15-10-17(12)19(13)14(18)8-11-6-4-3-5-7-11/h9-11,14,18-19H,2-8H2,1H3/t14-/m0/s1. The fourth-order valence-electron chi connectivity index (χ4n) is 3.21. The molecule has 1 aromatic heterocycles. The highest BCUT2D eigenvalue weighted by molar-refractivity contribution is 8.29. The van der Waals surface area contributed by atoms with Crippen molar-refractivity contribution in [2.24, 2.45) is 10.9 Å².